The minimum absolute atomic E-state index is 0.0590. The van der Waals surface area contributed by atoms with Crippen LogP contribution in [0.15, 0.2) is 0 Å². The van der Waals surface area contributed by atoms with E-state index in [-0.39, 0.29) is 6.42 Å². The van der Waals surface area contributed by atoms with Crippen molar-refractivity contribution in [3.63, 3.8) is 0 Å². The summed E-state index contributed by atoms with van der Waals surface area (Å²) in [5.41, 5.74) is 0. The number of alkyl halides is 1. The minimum Gasteiger partial charge on any atom is -0.303 e. The van der Waals surface area contributed by atoms with Crippen molar-refractivity contribution in [2.75, 3.05) is 7.05 Å². The Morgan fingerprint density at radius 1 is 2.00 bits per heavy atom. The van der Waals surface area contributed by atoms with Crippen LogP contribution in [-0.2, 0) is 4.79 Å². The molecule has 3 heteroatoms. The molecule has 0 aliphatic rings. The molecule has 1 atom stereocenters. The van der Waals surface area contributed by atoms with Crippen LogP contribution in [0, 0.1) is 0 Å². The predicted molar refractivity (Wildman–Crippen MR) is 24.6 cm³/mol. The van der Waals surface area contributed by atoms with Crippen LogP contribution >= 0.6 is 0 Å². The lowest BCUT2D eigenvalue weighted by Gasteiger charge is -1.96. The number of nitrogens with one attached hydrogen (secondary N) is 1. The molecule has 0 aromatic rings. The van der Waals surface area contributed by atoms with E-state index in [0.717, 1.165) is 0 Å². The largest absolute Gasteiger partial charge is 0.303 e. The number of aldehydes is 1. The average molecular weight is 105 g/mol. The number of hydrogen-bond donors (Lipinski definition) is 1. The molecule has 0 heterocycles. The molecular weight excluding hydrogens is 97.0 g/mol. The van der Waals surface area contributed by atoms with Crippen LogP contribution in [0.1, 0.15) is 6.42 Å². The van der Waals surface area contributed by atoms with Crippen LogP contribution in [0.25, 0.3) is 0 Å². The Morgan fingerprint density at radius 2 is 2.57 bits per heavy atom. The standard InChI is InChI=1S/C4H8FNO/c1-6-4(5)2-3-7/h3-4,6H,2H2,1H3. The summed E-state index contributed by atoms with van der Waals surface area (Å²) in [5.74, 6) is 0. The van der Waals surface area contributed by atoms with Crippen molar-refractivity contribution in [1.82, 2.24) is 5.32 Å². The van der Waals surface area contributed by atoms with Gasteiger partial charge in [-0.3, -0.25) is 5.32 Å². The zero-order chi connectivity index (χ0) is 5.70. The summed E-state index contributed by atoms with van der Waals surface area (Å²) in [4.78, 5) is 9.49. The third-order valence-corrected chi connectivity index (χ3v) is 0.616. The molecular formula is C4H8FNO. The molecule has 0 saturated heterocycles. The summed E-state index contributed by atoms with van der Waals surface area (Å²) in [6.07, 6.45) is -0.685. The van der Waals surface area contributed by atoms with Crippen molar-refractivity contribution in [3.8, 4) is 0 Å². The number of carbonyl (C=O) groups excluding carboxylic acids is 1. The lowest BCUT2D eigenvalue weighted by Crippen LogP contribution is -2.19. The highest BCUT2D eigenvalue weighted by Crippen LogP contribution is 1.84. The van der Waals surface area contributed by atoms with Crippen molar-refractivity contribution in [1.29, 1.82) is 0 Å². The first-order valence-corrected chi connectivity index (χ1v) is 2.06. The van der Waals surface area contributed by atoms with Crippen LogP contribution < -0.4 is 5.32 Å². The van der Waals surface area contributed by atoms with Gasteiger partial charge in [-0.2, -0.15) is 0 Å². The second-order valence-electron chi connectivity index (χ2n) is 1.16. The van der Waals surface area contributed by atoms with E-state index in [2.05, 4.69) is 5.32 Å². The third-order valence-electron chi connectivity index (χ3n) is 0.616. The van der Waals surface area contributed by atoms with E-state index in [1.54, 1.807) is 0 Å². The zero-order valence-corrected chi connectivity index (χ0v) is 4.15. The van der Waals surface area contributed by atoms with Crippen LogP contribution in [0.3, 0.4) is 0 Å². The normalized spacial score (nSPS) is 13.4. The Morgan fingerprint density at radius 3 is 2.71 bits per heavy atom. The fourth-order valence-electron chi connectivity index (χ4n) is 0.202. The molecule has 0 saturated carbocycles. The second-order valence-corrected chi connectivity index (χ2v) is 1.16. The molecule has 0 aliphatic heterocycles. The lowest BCUT2D eigenvalue weighted by atomic mass is 10.4. The van der Waals surface area contributed by atoms with E-state index in [9.17, 15) is 9.18 Å². The summed E-state index contributed by atoms with van der Waals surface area (Å²) in [6, 6.07) is 0. The molecule has 0 spiro atoms. The van der Waals surface area contributed by atoms with Gasteiger partial charge in [0, 0.05) is 6.42 Å². The number of carbonyl (C=O) groups is 1. The molecule has 42 valence electrons. The molecule has 0 amide bonds. The van der Waals surface area contributed by atoms with Crippen LogP contribution in [-0.4, -0.2) is 19.6 Å². The Balaban J connectivity index is 2.98. The molecule has 1 N–H and O–H groups in total. The van der Waals surface area contributed by atoms with Crippen molar-refractivity contribution in [2.24, 2.45) is 0 Å². The molecule has 2 nitrogen and oxygen atoms in total. The maximum absolute atomic E-state index is 11.8. The van der Waals surface area contributed by atoms with Gasteiger partial charge in [-0.25, -0.2) is 4.39 Å². The van der Waals surface area contributed by atoms with Gasteiger partial charge in [0.15, 0.2) is 6.30 Å². The Labute approximate surface area is 41.7 Å². The fourth-order valence-corrected chi connectivity index (χ4v) is 0.202. The fraction of sp³-hybridized carbons (Fsp3) is 0.750. The van der Waals surface area contributed by atoms with Gasteiger partial charge in [-0.1, -0.05) is 0 Å². The van der Waals surface area contributed by atoms with Gasteiger partial charge in [0.2, 0.25) is 0 Å². The van der Waals surface area contributed by atoms with E-state index in [0.29, 0.717) is 6.29 Å². The van der Waals surface area contributed by atoms with Crippen molar-refractivity contribution in [3.05, 3.63) is 0 Å². The first kappa shape index (κ1) is 6.56. The van der Waals surface area contributed by atoms with Crippen molar-refractivity contribution < 1.29 is 9.18 Å². The minimum atomic E-state index is -1.17. The first-order valence-electron chi connectivity index (χ1n) is 2.06. The third kappa shape index (κ3) is 3.39. The summed E-state index contributed by atoms with van der Waals surface area (Å²) in [7, 11) is 1.47. The van der Waals surface area contributed by atoms with Crippen LogP contribution in [0.5, 0.6) is 0 Å². The second kappa shape index (κ2) is 3.74. The van der Waals surface area contributed by atoms with E-state index >= 15 is 0 Å². The Bertz CT molecular complexity index is 57.7. The number of halogens is 1. The van der Waals surface area contributed by atoms with Gasteiger partial charge in [0.05, 0.1) is 0 Å². The van der Waals surface area contributed by atoms with E-state index in [4.69, 9.17) is 0 Å². The zero-order valence-electron chi connectivity index (χ0n) is 4.15. The predicted octanol–water partition coefficient (Wildman–Crippen LogP) is 0.0904. The maximum Gasteiger partial charge on any atom is 0.157 e. The summed E-state index contributed by atoms with van der Waals surface area (Å²) < 4.78 is 11.8. The molecule has 1 unspecified atom stereocenters. The van der Waals surface area contributed by atoms with Gasteiger partial charge < -0.3 is 4.79 Å². The highest BCUT2D eigenvalue weighted by molar-refractivity contribution is 5.49. The first-order chi connectivity index (χ1) is 3.31. The summed E-state index contributed by atoms with van der Waals surface area (Å²) in [6.45, 7) is 0. The molecule has 7 heavy (non-hydrogen) atoms. The smallest absolute Gasteiger partial charge is 0.157 e. The quantitative estimate of drug-likeness (QED) is 0.407. The van der Waals surface area contributed by atoms with Gasteiger partial charge in [-0.15, -0.1) is 0 Å². The Kier molecular flexibility index (Phi) is 3.50. The highest BCUT2D eigenvalue weighted by Gasteiger charge is 1.96. The van der Waals surface area contributed by atoms with Gasteiger partial charge in [-0.05, 0) is 7.05 Å². The van der Waals surface area contributed by atoms with Gasteiger partial charge in [0.1, 0.15) is 6.29 Å². The molecule has 0 aromatic carbocycles. The molecule has 0 rings (SSSR count). The molecule has 0 aromatic heterocycles. The van der Waals surface area contributed by atoms with Gasteiger partial charge >= 0.3 is 0 Å². The molecule has 0 fully saturated rings. The molecule has 0 aliphatic carbocycles. The lowest BCUT2D eigenvalue weighted by molar-refractivity contribution is -0.108. The topological polar surface area (TPSA) is 29.1 Å². The maximum atomic E-state index is 11.8. The summed E-state index contributed by atoms with van der Waals surface area (Å²) >= 11 is 0. The van der Waals surface area contributed by atoms with E-state index < -0.39 is 6.30 Å². The molecule has 0 radical (unpaired) electrons. The Hall–Kier alpha value is -0.440. The SMILES string of the molecule is CNC(F)CC=O. The number of rotatable bonds is 3. The van der Waals surface area contributed by atoms with Crippen LogP contribution in [0.4, 0.5) is 4.39 Å². The van der Waals surface area contributed by atoms with Gasteiger partial charge in [0.25, 0.3) is 0 Å². The van der Waals surface area contributed by atoms with Crippen molar-refractivity contribution in [2.45, 2.75) is 12.7 Å². The molecule has 0 bridgehead atoms. The van der Waals surface area contributed by atoms with Crippen LogP contribution in [0.2, 0.25) is 0 Å². The van der Waals surface area contributed by atoms with Crippen molar-refractivity contribution >= 4 is 6.29 Å². The summed E-state index contributed by atoms with van der Waals surface area (Å²) in [5, 5.41) is 2.27. The highest BCUT2D eigenvalue weighted by atomic mass is 19.1. The van der Waals surface area contributed by atoms with E-state index in [1.165, 1.54) is 7.05 Å². The monoisotopic (exact) mass is 105 g/mol. The van der Waals surface area contributed by atoms with E-state index in [1.807, 2.05) is 0 Å². The average Bonchev–Trinajstić information content (AvgIpc) is 1.68. The number of hydrogen-bond acceptors (Lipinski definition) is 2.